The third-order valence-electron chi connectivity index (χ3n) is 3.60. The van der Waals surface area contributed by atoms with Gasteiger partial charge in [0.05, 0.1) is 13.2 Å². The first-order valence-corrected chi connectivity index (χ1v) is 5.21. The van der Waals surface area contributed by atoms with Crippen LogP contribution in [0.2, 0.25) is 0 Å². The second-order valence-electron chi connectivity index (χ2n) is 4.29. The van der Waals surface area contributed by atoms with Gasteiger partial charge in [-0.15, -0.1) is 0 Å². The summed E-state index contributed by atoms with van der Waals surface area (Å²) in [4.78, 5) is 0. The SMILES string of the molecule is CCC1(C)CNCCC12OCCO2. The molecule has 0 amide bonds. The molecule has 0 aliphatic carbocycles. The number of nitrogens with one attached hydrogen (secondary N) is 1. The monoisotopic (exact) mass is 185 g/mol. The highest BCUT2D eigenvalue weighted by atomic mass is 16.7. The van der Waals surface area contributed by atoms with Crippen LogP contribution in [0.5, 0.6) is 0 Å². The van der Waals surface area contributed by atoms with Crippen LogP contribution in [-0.4, -0.2) is 32.1 Å². The van der Waals surface area contributed by atoms with Crippen LogP contribution < -0.4 is 5.32 Å². The summed E-state index contributed by atoms with van der Waals surface area (Å²) in [5.74, 6) is -0.285. The lowest BCUT2D eigenvalue weighted by atomic mass is 9.74. The van der Waals surface area contributed by atoms with Crippen molar-refractivity contribution in [3.63, 3.8) is 0 Å². The lowest BCUT2D eigenvalue weighted by molar-refractivity contribution is -0.245. The van der Waals surface area contributed by atoms with Crippen LogP contribution in [0.25, 0.3) is 0 Å². The average Bonchev–Trinajstić information content (AvgIpc) is 2.61. The Hall–Kier alpha value is -0.120. The van der Waals surface area contributed by atoms with Crippen molar-refractivity contribution in [2.75, 3.05) is 26.3 Å². The third-order valence-corrected chi connectivity index (χ3v) is 3.60. The van der Waals surface area contributed by atoms with Crippen molar-refractivity contribution in [1.82, 2.24) is 5.32 Å². The fraction of sp³-hybridized carbons (Fsp3) is 1.00. The van der Waals surface area contributed by atoms with Crippen LogP contribution in [0, 0.1) is 5.41 Å². The van der Waals surface area contributed by atoms with E-state index in [1.165, 1.54) is 0 Å². The highest BCUT2D eigenvalue weighted by Crippen LogP contribution is 2.44. The van der Waals surface area contributed by atoms with Crippen LogP contribution in [0.3, 0.4) is 0 Å². The fourth-order valence-corrected chi connectivity index (χ4v) is 2.40. The normalized spacial score (nSPS) is 38.3. The largest absolute Gasteiger partial charge is 0.347 e. The molecule has 0 aromatic rings. The Morgan fingerprint density at radius 3 is 2.62 bits per heavy atom. The minimum Gasteiger partial charge on any atom is -0.347 e. The molecule has 0 bridgehead atoms. The lowest BCUT2D eigenvalue weighted by Crippen LogP contribution is -2.57. The Kier molecular flexibility index (Phi) is 2.34. The van der Waals surface area contributed by atoms with Gasteiger partial charge in [0, 0.05) is 24.9 Å². The van der Waals surface area contributed by atoms with Gasteiger partial charge in [0.2, 0.25) is 0 Å². The van der Waals surface area contributed by atoms with Gasteiger partial charge in [-0.05, 0) is 6.42 Å². The van der Waals surface area contributed by atoms with Gasteiger partial charge in [0.15, 0.2) is 5.79 Å². The highest BCUT2D eigenvalue weighted by molar-refractivity contribution is 4.97. The van der Waals surface area contributed by atoms with E-state index in [2.05, 4.69) is 19.2 Å². The molecule has 2 heterocycles. The van der Waals surface area contributed by atoms with Gasteiger partial charge in [-0.2, -0.15) is 0 Å². The van der Waals surface area contributed by atoms with Crippen LogP contribution in [0.15, 0.2) is 0 Å². The van der Waals surface area contributed by atoms with Crippen molar-refractivity contribution < 1.29 is 9.47 Å². The van der Waals surface area contributed by atoms with E-state index in [1.54, 1.807) is 0 Å². The van der Waals surface area contributed by atoms with Gasteiger partial charge < -0.3 is 14.8 Å². The third kappa shape index (κ3) is 1.30. The quantitative estimate of drug-likeness (QED) is 0.664. The number of rotatable bonds is 1. The smallest absolute Gasteiger partial charge is 0.176 e. The molecule has 2 saturated heterocycles. The van der Waals surface area contributed by atoms with Crippen LogP contribution in [-0.2, 0) is 9.47 Å². The van der Waals surface area contributed by atoms with E-state index >= 15 is 0 Å². The van der Waals surface area contributed by atoms with E-state index in [0.717, 1.165) is 39.1 Å². The second-order valence-corrected chi connectivity index (χ2v) is 4.29. The van der Waals surface area contributed by atoms with Crippen LogP contribution in [0.1, 0.15) is 26.7 Å². The summed E-state index contributed by atoms with van der Waals surface area (Å²) in [5.41, 5.74) is 0.141. The second kappa shape index (κ2) is 3.23. The topological polar surface area (TPSA) is 30.5 Å². The van der Waals surface area contributed by atoms with Gasteiger partial charge in [-0.1, -0.05) is 13.8 Å². The minimum absolute atomic E-state index is 0.141. The summed E-state index contributed by atoms with van der Waals surface area (Å²) in [5, 5.41) is 3.42. The van der Waals surface area contributed by atoms with E-state index in [1.807, 2.05) is 0 Å². The molecular weight excluding hydrogens is 166 g/mol. The predicted octanol–water partition coefficient (Wildman–Crippen LogP) is 1.14. The van der Waals surface area contributed by atoms with Crippen molar-refractivity contribution >= 4 is 0 Å². The summed E-state index contributed by atoms with van der Waals surface area (Å²) in [7, 11) is 0. The first-order valence-electron chi connectivity index (χ1n) is 5.21. The van der Waals surface area contributed by atoms with Crippen molar-refractivity contribution in [2.24, 2.45) is 5.41 Å². The Balaban J connectivity index is 2.21. The van der Waals surface area contributed by atoms with Crippen LogP contribution in [0.4, 0.5) is 0 Å². The zero-order valence-electron chi connectivity index (χ0n) is 8.56. The fourth-order valence-electron chi connectivity index (χ4n) is 2.40. The zero-order valence-corrected chi connectivity index (χ0v) is 8.56. The molecule has 76 valence electrons. The standard InChI is InChI=1S/C10H19NO2/c1-3-9(2)8-11-5-4-10(9)12-6-7-13-10/h11H,3-8H2,1-2H3. The molecule has 0 radical (unpaired) electrons. The Labute approximate surface area is 79.8 Å². The van der Waals surface area contributed by atoms with E-state index in [-0.39, 0.29) is 11.2 Å². The molecular formula is C10H19NO2. The Bertz CT molecular complexity index is 189. The summed E-state index contributed by atoms with van der Waals surface area (Å²) >= 11 is 0. The Morgan fingerprint density at radius 2 is 2.00 bits per heavy atom. The van der Waals surface area contributed by atoms with Crippen molar-refractivity contribution in [3.05, 3.63) is 0 Å². The molecule has 3 heteroatoms. The molecule has 2 aliphatic heterocycles. The van der Waals surface area contributed by atoms with Gasteiger partial charge in [-0.25, -0.2) is 0 Å². The highest BCUT2D eigenvalue weighted by Gasteiger charge is 2.53. The molecule has 3 nitrogen and oxygen atoms in total. The number of hydrogen-bond donors (Lipinski definition) is 1. The molecule has 1 spiro atoms. The zero-order chi connectivity index (χ0) is 9.36. The van der Waals surface area contributed by atoms with Crippen molar-refractivity contribution in [1.29, 1.82) is 0 Å². The summed E-state index contributed by atoms with van der Waals surface area (Å²) in [6, 6.07) is 0. The Morgan fingerprint density at radius 1 is 1.31 bits per heavy atom. The first-order chi connectivity index (χ1) is 6.22. The molecule has 1 atom stereocenters. The molecule has 2 fully saturated rings. The summed E-state index contributed by atoms with van der Waals surface area (Å²) in [6.07, 6.45) is 2.08. The molecule has 2 aliphatic rings. The predicted molar refractivity (Wildman–Crippen MR) is 50.5 cm³/mol. The molecule has 1 N–H and O–H groups in total. The maximum atomic E-state index is 5.83. The van der Waals surface area contributed by atoms with E-state index in [0.29, 0.717) is 0 Å². The number of hydrogen-bond acceptors (Lipinski definition) is 3. The van der Waals surface area contributed by atoms with Crippen LogP contribution >= 0.6 is 0 Å². The first kappa shape index (κ1) is 9.44. The molecule has 0 saturated carbocycles. The summed E-state index contributed by atoms with van der Waals surface area (Å²) in [6.45, 7) is 7.99. The maximum absolute atomic E-state index is 5.83. The molecule has 2 rings (SSSR count). The van der Waals surface area contributed by atoms with Crippen molar-refractivity contribution in [3.8, 4) is 0 Å². The van der Waals surface area contributed by atoms with Gasteiger partial charge in [-0.3, -0.25) is 0 Å². The van der Waals surface area contributed by atoms with E-state index in [9.17, 15) is 0 Å². The maximum Gasteiger partial charge on any atom is 0.176 e. The molecule has 13 heavy (non-hydrogen) atoms. The molecule has 0 aromatic heterocycles. The van der Waals surface area contributed by atoms with Gasteiger partial charge >= 0.3 is 0 Å². The van der Waals surface area contributed by atoms with Gasteiger partial charge in [0.1, 0.15) is 0 Å². The lowest BCUT2D eigenvalue weighted by Gasteiger charge is -2.47. The van der Waals surface area contributed by atoms with E-state index in [4.69, 9.17) is 9.47 Å². The minimum atomic E-state index is -0.285. The number of ether oxygens (including phenoxy) is 2. The van der Waals surface area contributed by atoms with Crippen molar-refractivity contribution in [2.45, 2.75) is 32.5 Å². The number of piperidine rings is 1. The summed E-state index contributed by atoms with van der Waals surface area (Å²) < 4.78 is 11.7. The van der Waals surface area contributed by atoms with E-state index < -0.39 is 0 Å². The molecule has 0 aromatic carbocycles. The average molecular weight is 185 g/mol. The molecule has 1 unspecified atom stereocenters. The van der Waals surface area contributed by atoms with Gasteiger partial charge in [0.25, 0.3) is 0 Å².